The predicted molar refractivity (Wildman–Crippen MR) is 45.0 cm³/mol. The topological polar surface area (TPSA) is 52.3 Å². The molecule has 0 bridgehead atoms. The smallest absolute Gasteiger partial charge is 0.406 e. The van der Waals surface area contributed by atoms with Crippen LogP contribution in [0.15, 0.2) is 29.2 Å². The average Bonchev–Trinajstić information content (AvgIpc) is 2.02. The quantitative estimate of drug-likeness (QED) is 0.614. The van der Waals surface area contributed by atoms with Gasteiger partial charge in [0.25, 0.3) is 0 Å². The number of ether oxygens (including phenoxy) is 1. The first kappa shape index (κ1) is 11.0. The van der Waals surface area contributed by atoms with E-state index < -0.39 is 17.3 Å². The van der Waals surface area contributed by atoms with Crippen LogP contribution in [0.2, 0.25) is 0 Å². The van der Waals surface area contributed by atoms with Crippen LogP contribution in [0.5, 0.6) is 5.75 Å². The van der Waals surface area contributed by atoms with Crippen molar-refractivity contribution >= 4 is 11.0 Å². The van der Waals surface area contributed by atoms with Gasteiger partial charge in [-0.15, -0.1) is 18.3 Å². The minimum Gasteiger partial charge on any atom is -0.406 e. The molecule has 78 valence electrons. The van der Waals surface area contributed by atoms with Crippen LogP contribution < -0.4 is 9.88 Å². The lowest BCUT2D eigenvalue weighted by molar-refractivity contribution is -0.274. The highest BCUT2D eigenvalue weighted by Crippen LogP contribution is 2.22. The van der Waals surface area contributed by atoms with E-state index in [1.807, 2.05) is 0 Å². The van der Waals surface area contributed by atoms with E-state index in [-0.39, 0.29) is 10.6 Å². The molecule has 0 aliphatic carbocycles. The van der Waals surface area contributed by atoms with E-state index in [0.29, 0.717) is 0 Å². The first-order valence-corrected chi connectivity index (χ1v) is 4.79. The molecule has 0 saturated heterocycles. The molecule has 0 radical (unpaired) electrons. The maximum Gasteiger partial charge on any atom is 0.573 e. The Bertz CT molecular complexity index is 336. The number of hydrogen-bond acceptors (Lipinski definition) is 2. The first-order chi connectivity index (χ1) is 6.38. The van der Waals surface area contributed by atoms with Gasteiger partial charge >= 0.3 is 6.36 Å². The Hall–Kier alpha value is -1.08. The molecule has 1 aromatic carbocycles. The largest absolute Gasteiger partial charge is 0.573 e. The molecule has 1 atom stereocenters. The molecule has 14 heavy (non-hydrogen) atoms. The standard InChI is InChI=1S/C7H6F3NO2S/c8-7(9,10)13-5-1-3-6(4-2-5)14(11)12/h1-4H,(H2,11,12)/p+1. The number of rotatable bonds is 2. The average molecular weight is 226 g/mol. The Kier molecular flexibility index (Phi) is 3.12. The molecule has 0 heterocycles. The summed E-state index contributed by atoms with van der Waals surface area (Å²) in [5.74, 6) is -0.363. The van der Waals surface area contributed by atoms with Crippen LogP contribution in [0.25, 0.3) is 0 Å². The third-order valence-corrected chi connectivity index (χ3v) is 2.13. The second kappa shape index (κ2) is 3.97. The van der Waals surface area contributed by atoms with Crippen LogP contribution in [0, 0.1) is 0 Å². The zero-order valence-electron chi connectivity index (χ0n) is 6.78. The van der Waals surface area contributed by atoms with Crippen molar-refractivity contribution in [3.05, 3.63) is 24.3 Å². The van der Waals surface area contributed by atoms with Gasteiger partial charge in [0, 0.05) is 0 Å². The van der Waals surface area contributed by atoms with Crippen LogP contribution in [0.4, 0.5) is 13.2 Å². The van der Waals surface area contributed by atoms with Gasteiger partial charge in [-0.1, -0.05) is 4.21 Å². The van der Waals surface area contributed by atoms with Gasteiger partial charge in [-0.3, -0.25) is 0 Å². The minimum atomic E-state index is -4.72. The molecule has 0 amide bonds. The molecule has 0 aliphatic rings. The van der Waals surface area contributed by atoms with Crippen molar-refractivity contribution in [3.8, 4) is 5.75 Å². The summed E-state index contributed by atoms with van der Waals surface area (Å²) in [7, 11) is -2.03. The monoisotopic (exact) mass is 226 g/mol. The Morgan fingerprint density at radius 2 is 1.71 bits per heavy atom. The van der Waals surface area contributed by atoms with Gasteiger partial charge < -0.3 is 4.74 Å². The summed E-state index contributed by atoms with van der Waals surface area (Å²) in [6.45, 7) is 0. The Labute approximate surface area is 80.3 Å². The fourth-order valence-electron chi connectivity index (χ4n) is 0.795. The normalized spacial score (nSPS) is 13.7. The van der Waals surface area contributed by atoms with Crippen molar-refractivity contribution < 1.29 is 22.1 Å². The van der Waals surface area contributed by atoms with Crippen molar-refractivity contribution in [3.63, 3.8) is 0 Å². The number of hydrogen-bond donors (Lipinski definition) is 1. The molecule has 0 saturated carbocycles. The van der Waals surface area contributed by atoms with Gasteiger partial charge in [-0.2, -0.15) is 0 Å². The highest BCUT2D eigenvalue weighted by molar-refractivity contribution is 7.82. The SMILES string of the molecule is N[SH+](=O)c1ccc(OC(F)(F)F)cc1. The predicted octanol–water partition coefficient (Wildman–Crippen LogP) is 1.51. The number of benzene rings is 1. The molecule has 1 rings (SSSR count). The van der Waals surface area contributed by atoms with Gasteiger partial charge in [-0.05, 0) is 24.3 Å². The van der Waals surface area contributed by atoms with E-state index in [9.17, 15) is 17.4 Å². The maximum absolute atomic E-state index is 11.7. The molecule has 0 spiro atoms. The summed E-state index contributed by atoms with van der Waals surface area (Å²) < 4.78 is 49.4. The van der Waals surface area contributed by atoms with E-state index in [1.54, 1.807) is 0 Å². The summed E-state index contributed by atoms with van der Waals surface area (Å²) in [5.41, 5.74) is 0. The molecule has 2 N–H and O–H groups in total. The molecular formula is C7H7F3NO2S+. The van der Waals surface area contributed by atoms with E-state index >= 15 is 0 Å². The number of thiol groups is 1. The van der Waals surface area contributed by atoms with Crippen LogP contribution >= 0.6 is 0 Å². The van der Waals surface area contributed by atoms with Crippen LogP contribution in [0.3, 0.4) is 0 Å². The van der Waals surface area contributed by atoms with Gasteiger partial charge in [0.1, 0.15) is 5.75 Å². The van der Waals surface area contributed by atoms with Crippen molar-refractivity contribution in [1.29, 1.82) is 0 Å². The summed E-state index contributed by atoms with van der Waals surface area (Å²) in [4.78, 5) is 0.273. The molecule has 7 heteroatoms. The maximum atomic E-state index is 11.7. The van der Waals surface area contributed by atoms with Gasteiger partial charge in [0.15, 0.2) is 15.9 Å². The number of alkyl halides is 3. The zero-order chi connectivity index (χ0) is 10.8. The zero-order valence-corrected chi connectivity index (χ0v) is 7.68. The van der Waals surface area contributed by atoms with Crippen molar-refractivity contribution in [1.82, 2.24) is 0 Å². The van der Waals surface area contributed by atoms with E-state index in [0.717, 1.165) is 12.1 Å². The highest BCUT2D eigenvalue weighted by atomic mass is 32.2. The fourth-order valence-corrected chi connectivity index (χ4v) is 1.24. The highest BCUT2D eigenvalue weighted by Gasteiger charge is 2.31. The van der Waals surface area contributed by atoms with E-state index in [4.69, 9.17) is 5.14 Å². The van der Waals surface area contributed by atoms with Crippen LogP contribution in [-0.4, -0.2) is 6.36 Å². The molecule has 0 aromatic heterocycles. The number of halogens is 3. The Balaban J connectivity index is 2.79. The Morgan fingerprint density at radius 3 is 2.07 bits per heavy atom. The second-order valence-electron chi connectivity index (χ2n) is 2.37. The summed E-state index contributed by atoms with van der Waals surface area (Å²) in [6, 6.07) is 4.56. The molecule has 0 fully saturated rings. The van der Waals surface area contributed by atoms with Gasteiger partial charge in [0.2, 0.25) is 0 Å². The lowest BCUT2D eigenvalue weighted by Crippen LogP contribution is -2.17. The van der Waals surface area contributed by atoms with E-state index in [1.165, 1.54) is 12.1 Å². The molecule has 1 aromatic rings. The number of nitrogens with two attached hydrogens (primary N) is 1. The molecule has 1 unspecified atom stereocenters. The first-order valence-electron chi connectivity index (χ1n) is 3.46. The summed E-state index contributed by atoms with van der Waals surface area (Å²) in [5, 5.41) is 5.04. The minimum absolute atomic E-state index is 0.273. The second-order valence-corrected chi connectivity index (χ2v) is 3.54. The van der Waals surface area contributed by atoms with Crippen molar-refractivity contribution in [2.24, 2.45) is 5.14 Å². The lowest BCUT2D eigenvalue weighted by atomic mass is 10.3. The lowest BCUT2D eigenvalue weighted by Gasteiger charge is -2.07. The third-order valence-electron chi connectivity index (χ3n) is 1.32. The van der Waals surface area contributed by atoms with Crippen LogP contribution in [0.1, 0.15) is 0 Å². The molecule has 3 nitrogen and oxygen atoms in total. The fraction of sp³-hybridized carbons (Fsp3) is 0.143. The van der Waals surface area contributed by atoms with Crippen molar-refractivity contribution in [2.45, 2.75) is 11.3 Å². The van der Waals surface area contributed by atoms with Gasteiger partial charge in [-0.25, -0.2) is 0 Å². The van der Waals surface area contributed by atoms with Crippen LogP contribution in [-0.2, 0) is 15.2 Å². The Morgan fingerprint density at radius 1 is 1.21 bits per heavy atom. The van der Waals surface area contributed by atoms with Gasteiger partial charge in [0.05, 0.1) is 0 Å². The molecule has 0 aliphatic heterocycles. The molecular weight excluding hydrogens is 219 g/mol. The van der Waals surface area contributed by atoms with Crippen molar-refractivity contribution in [2.75, 3.05) is 0 Å². The third kappa shape index (κ3) is 3.35. The van der Waals surface area contributed by atoms with E-state index in [2.05, 4.69) is 4.74 Å². The summed E-state index contributed by atoms with van der Waals surface area (Å²) in [6.07, 6.45) is -4.72. The summed E-state index contributed by atoms with van der Waals surface area (Å²) >= 11 is 0.